The number of fused-ring (bicyclic) bond motifs is 1. The van der Waals surface area contributed by atoms with Crippen LogP contribution in [0.4, 0.5) is 0 Å². The fourth-order valence-corrected chi connectivity index (χ4v) is 5.29. The quantitative estimate of drug-likeness (QED) is 0.575. The molecule has 1 aliphatic carbocycles. The molecule has 0 spiro atoms. The van der Waals surface area contributed by atoms with Gasteiger partial charge in [-0.2, -0.15) is 0 Å². The van der Waals surface area contributed by atoms with Crippen LogP contribution in [0.15, 0.2) is 35.9 Å². The summed E-state index contributed by atoms with van der Waals surface area (Å²) in [7, 11) is -0.384. The molecule has 1 aromatic rings. The predicted molar refractivity (Wildman–Crippen MR) is 100 cm³/mol. The molecule has 1 fully saturated rings. The Kier molecular flexibility index (Phi) is 5.07. The summed E-state index contributed by atoms with van der Waals surface area (Å²) in [5.74, 6) is -0.0739. The van der Waals surface area contributed by atoms with Gasteiger partial charge in [0.25, 0.3) is 0 Å². The van der Waals surface area contributed by atoms with Gasteiger partial charge in [-0.05, 0) is 38.9 Å². The van der Waals surface area contributed by atoms with E-state index in [1.54, 1.807) is 0 Å². The Morgan fingerprint density at radius 1 is 1.20 bits per heavy atom. The molecule has 0 unspecified atom stereocenters. The first-order chi connectivity index (χ1) is 11.8. The number of esters is 1. The normalized spacial score (nSPS) is 26.6. The first-order valence-electron chi connectivity index (χ1n) is 9.11. The van der Waals surface area contributed by atoms with Crippen LogP contribution in [-0.4, -0.2) is 27.2 Å². The second-order valence-electron chi connectivity index (χ2n) is 7.94. The van der Waals surface area contributed by atoms with Gasteiger partial charge in [0.05, 0.1) is 12.7 Å². The van der Waals surface area contributed by atoms with Gasteiger partial charge in [0, 0.05) is 17.9 Å². The summed E-state index contributed by atoms with van der Waals surface area (Å²) in [6, 6.07) is 9.83. The van der Waals surface area contributed by atoms with Crippen molar-refractivity contribution < 1.29 is 18.7 Å². The lowest BCUT2D eigenvalue weighted by Gasteiger charge is -2.50. The van der Waals surface area contributed by atoms with E-state index in [9.17, 15) is 4.79 Å². The van der Waals surface area contributed by atoms with Crippen LogP contribution in [-0.2, 0) is 18.7 Å². The first kappa shape index (κ1) is 18.2. The van der Waals surface area contributed by atoms with Gasteiger partial charge in [0.15, 0.2) is 8.32 Å². The van der Waals surface area contributed by atoms with Gasteiger partial charge in [-0.1, -0.05) is 36.8 Å². The molecule has 0 saturated heterocycles. The van der Waals surface area contributed by atoms with Crippen LogP contribution >= 0.6 is 0 Å². The third-order valence-electron chi connectivity index (χ3n) is 4.90. The number of methoxy groups -OCH3 is 1. The number of hydrogen-bond acceptors (Lipinski definition) is 4. The minimum Gasteiger partial charge on any atom is -0.466 e. The minimum absolute atomic E-state index is 0.203. The van der Waals surface area contributed by atoms with Crippen molar-refractivity contribution in [3.63, 3.8) is 0 Å². The first-order valence-corrected chi connectivity index (χ1v) is 12.5. The molecule has 3 rings (SSSR count). The van der Waals surface area contributed by atoms with Gasteiger partial charge < -0.3 is 13.9 Å². The molecule has 136 valence electrons. The Balaban J connectivity index is 2.07. The zero-order valence-corrected chi connectivity index (χ0v) is 16.6. The SMILES string of the molecule is COC(=O)C1=C(c2ccccc2)O[C@]2(O[Si](C)(C)C)CCCC[C@@H]2C1. The Labute approximate surface area is 151 Å². The number of carbonyl (C=O) groups excluding carboxylic acids is 1. The zero-order chi connectivity index (χ0) is 18.1. The highest BCUT2D eigenvalue weighted by molar-refractivity contribution is 6.69. The van der Waals surface area contributed by atoms with Crippen molar-refractivity contribution in [2.75, 3.05) is 7.11 Å². The summed E-state index contributed by atoms with van der Waals surface area (Å²) in [6.45, 7) is 6.58. The molecule has 0 aromatic heterocycles. The number of benzene rings is 1. The number of carbonyl (C=O) groups is 1. The van der Waals surface area contributed by atoms with Gasteiger partial charge in [0.2, 0.25) is 5.79 Å². The lowest BCUT2D eigenvalue weighted by molar-refractivity contribution is -0.206. The molecule has 1 aromatic carbocycles. The van der Waals surface area contributed by atoms with Crippen molar-refractivity contribution in [2.24, 2.45) is 5.92 Å². The molecule has 4 nitrogen and oxygen atoms in total. The highest BCUT2D eigenvalue weighted by Gasteiger charge is 2.51. The third-order valence-corrected chi connectivity index (χ3v) is 5.85. The van der Waals surface area contributed by atoms with Gasteiger partial charge >= 0.3 is 5.97 Å². The van der Waals surface area contributed by atoms with E-state index in [0.29, 0.717) is 17.8 Å². The largest absolute Gasteiger partial charge is 0.466 e. The molecule has 0 amide bonds. The lowest BCUT2D eigenvalue weighted by atomic mass is 9.77. The Bertz CT molecular complexity index is 662. The Morgan fingerprint density at radius 3 is 2.56 bits per heavy atom. The summed E-state index contributed by atoms with van der Waals surface area (Å²) in [5, 5.41) is 0. The van der Waals surface area contributed by atoms with E-state index in [2.05, 4.69) is 19.6 Å². The van der Waals surface area contributed by atoms with Crippen molar-refractivity contribution in [2.45, 2.75) is 57.5 Å². The standard InChI is InChI=1S/C20H28O4Si/c1-22-19(21)17-14-16-12-8-9-13-20(16,24-25(2,3)4)23-18(17)15-10-6-5-7-11-15/h5-7,10-11,16H,8-9,12-14H2,1-4H3/t16-,20+/m1/s1. The van der Waals surface area contributed by atoms with Crippen molar-refractivity contribution in [3.05, 3.63) is 41.5 Å². The Morgan fingerprint density at radius 2 is 1.92 bits per heavy atom. The van der Waals surface area contributed by atoms with E-state index >= 15 is 0 Å². The molecule has 2 aliphatic rings. The van der Waals surface area contributed by atoms with Gasteiger partial charge in [0.1, 0.15) is 5.76 Å². The predicted octanol–water partition coefficient (Wildman–Crippen LogP) is 4.73. The second kappa shape index (κ2) is 6.96. The molecule has 1 heterocycles. The van der Waals surface area contributed by atoms with Crippen molar-refractivity contribution >= 4 is 20.0 Å². The summed E-state index contributed by atoms with van der Waals surface area (Å²) < 4.78 is 18.2. The lowest BCUT2D eigenvalue weighted by Crippen LogP contribution is -2.53. The van der Waals surface area contributed by atoms with Crippen LogP contribution in [0, 0.1) is 5.92 Å². The third kappa shape index (κ3) is 3.82. The van der Waals surface area contributed by atoms with E-state index in [1.807, 2.05) is 30.3 Å². The van der Waals surface area contributed by atoms with Crippen LogP contribution in [0.5, 0.6) is 0 Å². The van der Waals surface area contributed by atoms with E-state index in [4.69, 9.17) is 13.9 Å². The Hall–Kier alpha value is -1.59. The molecule has 1 saturated carbocycles. The molecule has 1 aliphatic heterocycles. The van der Waals surface area contributed by atoms with Crippen LogP contribution in [0.2, 0.25) is 19.6 Å². The monoisotopic (exact) mass is 360 g/mol. The van der Waals surface area contributed by atoms with E-state index in [1.165, 1.54) is 7.11 Å². The minimum atomic E-state index is -1.81. The van der Waals surface area contributed by atoms with Crippen LogP contribution in [0.3, 0.4) is 0 Å². The molecule has 0 N–H and O–H groups in total. The van der Waals surface area contributed by atoms with Crippen molar-refractivity contribution in [1.29, 1.82) is 0 Å². The summed E-state index contributed by atoms with van der Waals surface area (Å²) in [4.78, 5) is 12.4. The summed E-state index contributed by atoms with van der Waals surface area (Å²) in [6.07, 6.45) is 4.80. The van der Waals surface area contributed by atoms with E-state index in [-0.39, 0.29) is 11.9 Å². The van der Waals surface area contributed by atoms with Gasteiger partial charge in [-0.15, -0.1) is 0 Å². The fraction of sp³-hybridized carbons (Fsp3) is 0.550. The maximum absolute atomic E-state index is 12.4. The highest BCUT2D eigenvalue weighted by atomic mass is 28.4. The molecular weight excluding hydrogens is 332 g/mol. The van der Waals surface area contributed by atoms with Crippen molar-refractivity contribution in [3.8, 4) is 0 Å². The maximum atomic E-state index is 12.4. The van der Waals surface area contributed by atoms with Crippen LogP contribution in [0.1, 0.15) is 37.7 Å². The van der Waals surface area contributed by atoms with Gasteiger partial charge in [-0.3, -0.25) is 0 Å². The molecule has 0 radical (unpaired) electrons. The number of hydrogen-bond donors (Lipinski definition) is 0. The van der Waals surface area contributed by atoms with E-state index in [0.717, 1.165) is 31.2 Å². The molecular formula is C20H28O4Si. The fourth-order valence-electron chi connectivity index (χ4n) is 3.95. The van der Waals surface area contributed by atoms with Gasteiger partial charge in [-0.25, -0.2) is 4.79 Å². The average molecular weight is 361 g/mol. The topological polar surface area (TPSA) is 44.8 Å². The van der Waals surface area contributed by atoms with E-state index < -0.39 is 14.1 Å². The summed E-state index contributed by atoms with van der Waals surface area (Å²) >= 11 is 0. The zero-order valence-electron chi connectivity index (χ0n) is 15.6. The molecule has 2 atom stereocenters. The smallest absolute Gasteiger partial charge is 0.337 e. The summed E-state index contributed by atoms with van der Waals surface area (Å²) in [5.41, 5.74) is 1.54. The highest BCUT2D eigenvalue weighted by Crippen LogP contribution is 2.49. The van der Waals surface area contributed by atoms with Crippen LogP contribution < -0.4 is 0 Å². The van der Waals surface area contributed by atoms with Crippen molar-refractivity contribution in [1.82, 2.24) is 0 Å². The second-order valence-corrected chi connectivity index (χ2v) is 12.4. The maximum Gasteiger partial charge on any atom is 0.337 e. The average Bonchev–Trinajstić information content (AvgIpc) is 2.59. The molecule has 5 heteroatoms. The number of rotatable bonds is 4. The number of ether oxygens (including phenoxy) is 2. The molecule has 0 bridgehead atoms. The van der Waals surface area contributed by atoms with Crippen LogP contribution in [0.25, 0.3) is 5.76 Å². The molecule has 25 heavy (non-hydrogen) atoms.